The first-order chi connectivity index (χ1) is 12.3. The number of benzene rings is 2. The summed E-state index contributed by atoms with van der Waals surface area (Å²) < 4.78 is 27.5. The van der Waals surface area contributed by atoms with Crippen LogP contribution in [0, 0.1) is 5.92 Å². The maximum Gasteiger partial charge on any atom is 0.262 e. The predicted molar refractivity (Wildman–Crippen MR) is 95.8 cm³/mol. The van der Waals surface area contributed by atoms with E-state index >= 15 is 0 Å². The first-order valence-corrected chi connectivity index (χ1v) is 9.50. The largest absolute Gasteiger partial charge is 0.508 e. The van der Waals surface area contributed by atoms with E-state index in [9.17, 15) is 18.3 Å². The maximum atomic E-state index is 13.2. The van der Waals surface area contributed by atoms with Crippen molar-refractivity contribution in [3.63, 3.8) is 0 Å². The molecule has 0 heterocycles. The van der Waals surface area contributed by atoms with E-state index in [4.69, 9.17) is 5.21 Å². The third-order valence-electron chi connectivity index (χ3n) is 3.95. The first-order valence-electron chi connectivity index (χ1n) is 8.06. The zero-order valence-corrected chi connectivity index (χ0v) is 15.3. The van der Waals surface area contributed by atoms with Crippen molar-refractivity contribution in [2.45, 2.75) is 31.3 Å². The molecule has 0 fully saturated rings. The van der Waals surface area contributed by atoms with E-state index in [1.54, 1.807) is 43.6 Å². The van der Waals surface area contributed by atoms with Crippen molar-refractivity contribution in [3.05, 3.63) is 60.2 Å². The van der Waals surface area contributed by atoms with E-state index in [2.05, 4.69) is 0 Å². The monoisotopic (exact) mass is 378 g/mol. The van der Waals surface area contributed by atoms with E-state index in [0.29, 0.717) is 5.56 Å². The molecule has 0 aliphatic carbocycles. The number of hydrogen-bond acceptors (Lipinski definition) is 5. The highest BCUT2D eigenvalue weighted by Crippen LogP contribution is 2.26. The summed E-state index contributed by atoms with van der Waals surface area (Å²) >= 11 is 0. The van der Waals surface area contributed by atoms with Gasteiger partial charge in [0.25, 0.3) is 5.91 Å². The minimum Gasteiger partial charge on any atom is -0.508 e. The lowest BCUT2D eigenvalue weighted by molar-refractivity contribution is -0.134. The minimum absolute atomic E-state index is 0.0414. The second-order valence-corrected chi connectivity index (χ2v) is 8.09. The fraction of sp³-hybridized carbons (Fsp3) is 0.278. The molecule has 0 radical (unpaired) electrons. The molecule has 1 atom stereocenters. The Hall–Kier alpha value is -2.42. The van der Waals surface area contributed by atoms with Crippen molar-refractivity contribution < 1.29 is 23.5 Å². The lowest BCUT2D eigenvalue weighted by Crippen LogP contribution is -2.51. The van der Waals surface area contributed by atoms with Crippen LogP contribution >= 0.6 is 0 Å². The van der Waals surface area contributed by atoms with Gasteiger partial charge in [0.05, 0.1) is 4.90 Å². The van der Waals surface area contributed by atoms with Gasteiger partial charge in [-0.1, -0.05) is 44.2 Å². The Balaban J connectivity index is 2.54. The smallest absolute Gasteiger partial charge is 0.262 e. The van der Waals surface area contributed by atoms with Crippen LogP contribution in [0.15, 0.2) is 59.5 Å². The molecule has 0 aliphatic heterocycles. The summed E-state index contributed by atoms with van der Waals surface area (Å²) in [5, 5.41) is 18.5. The van der Waals surface area contributed by atoms with E-state index in [0.717, 1.165) is 4.31 Å². The Morgan fingerprint density at radius 1 is 1.08 bits per heavy atom. The Kier molecular flexibility index (Phi) is 6.36. The number of nitrogens with zero attached hydrogens (tertiary/aromatic N) is 1. The number of phenols is 1. The van der Waals surface area contributed by atoms with Crippen LogP contribution in [0.2, 0.25) is 0 Å². The topological polar surface area (TPSA) is 107 Å². The molecule has 2 rings (SSSR count). The molecule has 2 aromatic carbocycles. The van der Waals surface area contributed by atoms with E-state index in [-0.39, 0.29) is 17.2 Å². The third kappa shape index (κ3) is 4.40. The van der Waals surface area contributed by atoms with Gasteiger partial charge in [-0.25, -0.2) is 13.9 Å². The molecule has 7 nitrogen and oxygen atoms in total. The van der Waals surface area contributed by atoms with Crippen LogP contribution < -0.4 is 5.48 Å². The number of hydroxylamine groups is 1. The average Bonchev–Trinajstić information content (AvgIpc) is 2.62. The van der Waals surface area contributed by atoms with Crippen LogP contribution in [0.1, 0.15) is 19.4 Å². The van der Waals surface area contributed by atoms with Gasteiger partial charge in [-0.2, -0.15) is 4.31 Å². The van der Waals surface area contributed by atoms with Gasteiger partial charge in [-0.15, -0.1) is 0 Å². The molecule has 2 aromatic rings. The third-order valence-corrected chi connectivity index (χ3v) is 5.79. The van der Waals surface area contributed by atoms with Crippen LogP contribution in [-0.2, 0) is 21.4 Å². The van der Waals surface area contributed by atoms with Gasteiger partial charge in [0.2, 0.25) is 10.0 Å². The second-order valence-electron chi connectivity index (χ2n) is 6.19. The van der Waals surface area contributed by atoms with Gasteiger partial charge in [0.1, 0.15) is 11.8 Å². The van der Waals surface area contributed by atoms with Gasteiger partial charge in [0, 0.05) is 6.54 Å². The molecule has 3 N–H and O–H groups in total. The number of nitrogens with one attached hydrogen (secondary N) is 1. The zero-order chi connectivity index (χ0) is 19.3. The Morgan fingerprint density at radius 3 is 2.15 bits per heavy atom. The van der Waals surface area contributed by atoms with Gasteiger partial charge < -0.3 is 5.11 Å². The summed E-state index contributed by atoms with van der Waals surface area (Å²) in [5.41, 5.74) is 2.26. The molecule has 0 aromatic heterocycles. The normalized spacial score (nSPS) is 13.0. The summed E-state index contributed by atoms with van der Waals surface area (Å²) in [6.07, 6.45) is 0. The Morgan fingerprint density at radius 2 is 1.65 bits per heavy atom. The highest BCUT2D eigenvalue weighted by Gasteiger charge is 2.37. The number of amides is 1. The molecule has 0 unspecified atom stereocenters. The SMILES string of the molecule is CC(C)[C@H](C(=O)NO)N(Cc1ccccc1)S(=O)(=O)c1ccc(O)cc1. The molecule has 0 saturated carbocycles. The van der Waals surface area contributed by atoms with Crippen molar-refractivity contribution in [1.82, 2.24) is 9.79 Å². The van der Waals surface area contributed by atoms with Crippen molar-refractivity contribution in [3.8, 4) is 5.75 Å². The average molecular weight is 378 g/mol. The van der Waals surface area contributed by atoms with Gasteiger partial charge in [-0.05, 0) is 35.7 Å². The lowest BCUT2D eigenvalue weighted by atomic mass is 10.0. The first kappa shape index (κ1) is 19.9. The Bertz CT molecular complexity index is 836. The van der Waals surface area contributed by atoms with Gasteiger partial charge in [-0.3, -0.25) is 10.0 Å². The summed E-state index contributed by atoms with van der Waals surface area (Å²) in [6, 6.07) is 12.8. The number of carbonyl (C=O) groups excluding carboxylic acids is 1. The fourth-order valence-electron chi connectivity index (χ4n) is 2.68. The number of phenolic OH excluding ortho intramolecular Hbond substituents is 1. The standard InChI is InChI=1S/C18H22N2O5S/c1-13(2)17(18(22)19-23)20(12-14-6-4-3-5-7-14)26(24,25)16-10-8-15(21)9-11-16/h3-11,13,17,21,23H,12H2,1-2H3,(H,19,22)/t17-/m1/s1. The molecular formula is C18H22N2O5S. The molecule has 140 valence electrons. The van der Waals surface area contributed by atoms with Gasteiger partial charge >= 0.3 is 0 Å². The van der Waals surface area contributed by atoms with Crippen LogP contribution in [0.5, 0.6) is 5.75 Å². The molecule has 8 heteroatoms. The molecule has 0 bridgehead atoms. The molecular weight excluding hydrogens is 356 g/mol. The minimum atomic E-state index is -4.07. The maximum absolute atomic E-state index is 13.2. The van der Waals surface area contributed by atoms with Crippen LogP contribution in [-0.4, -0.2) is 35.0 Å². The van der Waals surface area contributed by atoms with Gasteiger partial charge in [0.15, 0.2) is 0 Å². The van der Waals surface area contributed by atoms with E-state index < -0.39 is 27.9 Å². The van der Waals surface area contributed by atoms with E-state index in [1.807, 2.05) is 6.07 Å². The highest BCUT2D eigenvalue weighted by molar-refractivity contribution is 7.89. The quantitative estimate of drug-likeness (QED) is 0.505. The Labute approximate surface area is 152 Å². The molecule has 26 heavy (non-hydrogen) atoms. The number of aromatic hydroxyl groups is 1. The van der Waals surface area contributed by atoms with Crippen molar-refractivity contribution in [2.75, 3.05) is 0 Å². The zero-order valence-electron chi connectivity index (χ0n) is 14.5. The van der Waals surface area contributed by atoms with Crippen molar-refractivity contribution >= 4 is 15.9 Å². The summed E-state index contributed by atoms with van der Waals surface area (Å²) in [5.74, 6) is -1.26. The second kappa shape index (κ2) is 8.31. The molecule has 0 saturated heterocycles. The van der Waals surface area contributed by atoms with Crippen LogP contribution in [0.4, 0.5) is 0 Å². The van der Waals surface area contributed by atoms with Crippen molar-refractivity contribution in [1.29, 1.82) is 0 Å². The summed E-state index contributed by atoms with van der Waals surface area (Å²) in [6.45, 7) is 3.36. The molecule has 0 aliphatic rings. The summed E-state index contributed by atoms with van der Waals surface area (Å²) in [7, 11) is -4.07. The molecule has 1 amide bonds. The van der Waals surface area contributed by atoms with Crippen LogP contribution in [0.25, 0.3) is 0 Å². The van der Waals surface area contributed by atoms with E-state index in [1.165, 1.54) is 24.3 Å². The number of sulfonamides is 1. The lowest BCUT2D eigenvalue weighted by Gasteiger charge is -2.32. The number of rotatable bonds is 7. The highest BCUT2D eigenvalue weighted by atomic mass is 32.2. The molecule has 0 spiro atoms. The number of hydrogen-bond donors (Lipinski definition) is 3. The summed E-state index contributed by atoms with van der Waals surface area (Å²) in [4.78, 5) is 12.2. The fourth-order valence-corrected chi connectivity index (χ4v) is 4.39. The predicted octanol–water partition coefficient (Wildman–Crippen LogP) is 2.11. The number of carbonyl (C=O) groups is 1. The van der Waals surface area contributed by atoms with Crippen LogP contribution in [0.3, 0.4) is 0 Å². The van der Waals surface area contributed by atoms with Crippen molar-refractivity contribution in [2.24, 2.45) is 5.92 Å².